The Morgan fingerprint density at radius 1 is 0.970 bits per heavy atom. The van der Waals surface area contributed by atoms with Crippen LogP contribution in [0, 0.1) is 0 Å². The largest absolute Gasteiger partial charge is 0.454 e. The van der Waals surface area contributed by atoms with E-state index in [9.17, 15) is 5.11 Å². The third-order valence-electron chi connectivity index (χ3n) is 5.31. The third kappa shape index (κ3) is 7.68. The van der Waals surface area contributed by atoms with Crippen molar-refractivity contribution in [2.24, 2.45) is 0 Å². The van der Waals surface area contributed by atoms with Crippen LogP contribution in [0.4, 0.5) is 0 Å². The Bertz CT molecular complexity index is 960. The summed E-state index contributed by atoms with van der Waals surface area (Å²) in [6, 6.07) is 18.4. The number of hydrogen-bond donors (Lipinski definition) is 1. The number of fused-ring (bicyclic) bond motifs is 1. The van der Waals surface area contributed by atoms with E-state index in [4.69, 9.17) is 18.9 Å². The highest BCUT2D eigenvalue weighted by molar-refractivity contribution is 5.76. The summed E-state index contributed by atoms with van der Waals surface area (Å²) in [5, 5.41) is 10.8. The van der Waals surface area contributed by atoms with Gasteiger partial charge in [0.15, 0.2) is 0 Å². The van der Waals surface area contributed by atoms with Crippen molar-refractivity contribution in [3.8, 4) is 6.01 Å². The fourth-order valence-electron chi connectivity index (χ4n) is 3.51. The third-order valence-corrected chi connectivity index (χ3v) is 5.31. The number of aromatic nitrogens is 2. The highest BCUT2D eigenvalue weighted by atomic mass is 16.5. The molecule has 33 heavy (non-hydrogen) atoms. The van der Waals surface area contributed by atoms with Crippen molar-refractivity contribution in [1.29, 1.82) is 0 Å². The topological polar surface area (TPSA) is 75.0 Å². The monoisotopic (exact) mass is 454 g/mol. The number of para-hydroxylation sites is 2. The summed E-state index contributed by atoms with van der Waals surface area (Å²) in [6.07, 6.45) is 1.68. The Kier molecular flexibility index (Phi) is 10.4. The van der Waals surface area contributed by atoms with Crippen molar-refractivity contribution in [3.05, 3.63) is 72.8 Å². The van der Waals surface area contributed by atoms with Crippen molar-refractivity contribution < 1.29 is 24.1 Å². The first-order valence-electron chi connectivity index (χ1n) is 11.3. The smallest absolute Gasteiger partial charge is 0.298 e. The predicted molar refractivity (Wildman–Crippen MR) is 129 cm³/mol. The van der Waals surface area contributed by atoms with Crippen LogP contribution in [0.2, 0.25) is 0 Å². The number of nitrogens with zero attached hydrogens (tertiary/aromatic N) is 2. The molecule has 0 aliphatic carbocycles. The van der Waals surface area contributed by atoms with Gasteiger partial charge in [-0.3, -0.25) is 4.57 Å². The number of aryl methyl sites for hydroxylation is 1. The molecule has 0 amide bonds. The van der Waals surface area contributed by atoms with E-state index in [1.54, 1.807) is 13.2 Å². The molecule has 1 aromatic heterocycles. The average Bonchev–Trinajstić information content (AvgIpc) is 3.20. The van der Waals surface area contributed by atoms with E-state index in [0.29, 0.717) is 52.0 Å². The minimum atomic E-state index is -0.698. The van der Waals surface area contributed by atoms with Gasteiger partial charge in [0.25, 0.3) is 6.01 Å². The quantitative estimate of drug-likeness (QED) is 0.263. The molecule has 0 unspecified atom stereocenters. The van der Waals surface area contributed by atoms with Crippen LogP contribution in [0.3, 0.4) is 0 Å². The van der Waals surface area contributed by atoms with Crippen molar-refractivity contribution in [3.63, 3.8) is 0 Å². The summed E-state index contributed by atoms with van der Waals surface area (Å²) in [7, 11) is 1.65. The molecule has 7 heteroatoms. The van der Waals surface area contributed by atoms with E-state index >= 15 is 0 Å². The summed E-state index contributed by atoms with van der Waals surface area (Å²) in [4.78, 5) is 4.64. The number of ether oxygens (including phenoxy) is 4. The Balaban J connectivity index is 1.59. The number of methoxy groups -OCH3 is 1. The van der Waals surface area contributed by atoms with Crippen LogP contribution in [0.15, 0.2) is 67.3 Å². The van der Waals surface area contributed by atoms with Gasteiger partial charge in [0.1, 0.15) is 6.10 Å². The molecule has 0 aliphatic heterocycles. The van der Waals surface area contributed by atoms with E-state index < -0.39 is 12.2 Å². The number of imidazole rings is 1. The Morgan fingerprint density at radius 3 is 2.42 bits per heavy atom. The molecule has 0 saturated heterocycles. The maximum absolute atomic E-state index is 10.8. The molecule has 2 aromatic carbocycles. The molecule has 178 valence electrons. The molecule has 3 aromatic rings. The van der Waals surface area contributed by atoms with Crippen molar-refractivity contribution in [1.82, 2.24) is 9.55 Å². The van der Waals surface area contributed by atoms with Gasteiger partial charge in [0.05, 0.1) is 56.7 Å². The molecule has 1 N–H and O–H groups in total. The summed E-state index contributed by atoms with van der Waals surface area (Å²) < 4.78 is 24.2. The van der Waals surface area contributed by atoms with Crippen LogP contribution in [-0.2, 0) is 27.2 Å². The van der Waals surface area contributed by atoms with E-state index in [0.717, 1.165) is 17.5 Å². The molecule has 1 heterocycles. The van der Waals surface area contributed by atoms with E-state index in [2.05, 4.69) is 23.7 Å². The molecule has 0 bridgehead atoms. The summed E-state index contributed by atoms with van der Waals surface area (Å²) in [5.41, 5.74) is 2.96. The Labute approximate surface area is 195 Å². The van der Waals surface area contributed by atoms with E-state index in [-0.39, 0.29) is 0 Å². The van der Waals surface area contributed by atoms with Crippen molar-refractivity contribution in [2.45, 2.75) is 31.6 Å². The van der Waals surface area contributed by atoms with Gasteiger partial charge in [-0.05, 0) is 36.6 Å². The van der Waals surface area contributed by atoms with Gasteiger partial charge < -0.3 is 24.1 Å². The van der Waals surface area contributed by atoms with Crippen LogP contribution < -0.4 is 4.74 Å². The molecule has 7 nitrogen and oxygen atoms in total. The lowest BCUT2D eigenvalue weighted by molar-refractivity contribution is 0.0216. The number of aliphatic hydroxyl groups excluding tert-OH is 1. The summed E-state index contributed by atoms with van der Waals surface area (Å²) in [5.74, 6) is 0. The standard InChI is InChI=1S/C26H34N2O5/c1-3-25(24(29)14-13-21-9-5-4-6-10-21)33-26-27-22-11-7-8-12-23(22)28(26)15-16-31-19-20-32-18-17-30-2/h3-12,24-25,29H,1,13-20H2,2H3/t24-,25+/m1/s1. The van der Waals surface area contributed by atoms with Gasteiger partial charge in [0, 0.05) is 7.11 Å². The first kappa shape index (κ1) is 24.9. The maximum Gasteiger partial charge on any atom is 0.298 e. The minimum Gasteiger partial charge on any atom is -0.454 e. The van der Waals surface area contributed by atoms with Gasteiger partial charge in [0.2, 0.25) is 0 Å². The van der Waals surface area contributed by atoms with Crippen LogP contribution >= 0.6 is 0 Å². The average molecular weight is 455 g/mol. The first-order valence-corrected chi connectivity index (χ1v) is 11.3. The second-order valence-electron chi connectivity index (χ2n) is 7.66. The SMILES string of the molecule is C=C[C@H](Oc1nc2ccccc2n1CCOCCOCCOC)[C@H](O)CCc1ccccc1. The fourth-order valence-corrected chi connectivity index (χ4v) is 3.51. The minimum absolute atomic E-state index is 0.444. The molecule has 0 aliphatic rings. The highest BCUT2D eigenvalue weighted by Crippen LogP contribution is 2.23. The van der Waals surface area contributed by atoms with E-state index in [1.807, 2.05) is 47.0 Å². The lowest BCUT2D eigenvalue weighted by Crippen LogP contribution is -2.31. The molecular formula is C26H34N2O5. The van der Waals surface area contributed by atoms with Gasteiger partial charge in [-0.2, -0.15) is 4.98 Å². The van der Waals surface area contributed by atoms with Crippen LogP contribution in [0.25, 0.3) is 11.0 Å². The zero-order valence-corrected chi connectivity index (χ0v) is 19.3. The van der Waals surface area contributed by atoms with E-state index in [1.165, 1.54) is 5.56 Å². The fraction of sp³-hybridized carbons (Fsp3) is 0.423. The molecule has 3 rings (SSSR count). The normalized spacial score (nSPS) is 13.2. The Hall–Kier alpha value is -2.71. The number of aliphatic hydroxyl groups is 1. The van der Waals surface area contributed by atoms with Crippen LogP contribution in [-0.4, -0.2) is 67.0 Å². The van der Waals surface area contributed by atoms with Crippen molar-refractivity contribution in [2.75, 3.05) is 40.1 Å². The van der Waals surface area contributed by atoms with Crippen LogP contribution in [0.1, 0.15) is 12.0 Å². The molecular weight excluding hydrogens is 420 g/mol. The second kappa shape index (κ2) is 13.7. The molecule has 0 radical (unpaired) electrons. The highest BCUT2D eigenvalue weighted by Gasteiger charge is 2.21. The first-order chi connectivity index (χ1) is 16.2. The van der Waals surface area contributed by atoms with Crippen LogP contribution in [0.5, 0.6) is 6.01 Å². The van der Waals surface area contributed by atoms with Gasteiger partial charge in [-0.1, -0.05) is 49.0 Å². The number of hydrogen-bond acceptors (Lipinski definition) is 6. The molecule has 0 spiro atoms. The number of benzene rings is 2. The van der Waals surface area contributed by atoms with Gasteiger partial charge in [-0.25, -0.2) is 0 Å². The predicted octanol–water partition coefficient (Wildman–Crippen LogP) is 3.64. The van der Waals surface area contributed by atoms with Gasteiger partial charge in [-0.15, -0.1) is 0 Å². The summed E-state index contributed by atoms with van der Waals surface area (Å²) in [6.45, 7) is 7.06. The summed E-state index contributed by atoms with van der Waals surface area (Å²) >= 11 is 0. The Morgan fingerprint density at radius 2 is 1.67 bits per heavy atom. The van der Waals surface area contributed by atoms with Gasteiger partial charge >= 0.3 is 0 Å². The molecule has 0 saturated carbocycles. The lowest BCUT2D eigenvalue weighted by atomic mass is 10.0. The molecule has 2 atom stereocenters. The second-order valence-corrected chi connectivity index (χ2v) is 7.66. The zero-order chi connectivity index (χ0) is 23.3. The molecule has 0 fully saturated rings. The lowest BCUT2D eigenvalue weighted by Gasteiger charge is -2.21. The zero-order valence-electron chi connectivity index (χ0n) is 19.3. The number of rotatable bonds is 16. The maximum atomic E-state index is 10.8. The van der Waals surface area contributed by atoms with Crippen molar-refractivity contribution >= 4 is 11.0 Å².